The fraction of sp³-hybridized carbons (Fsp3) is 0.133. The Labute approximate surface area is 239 Å². The largest absolute Gasteiger partial charge is 0.359 e. The standard InChI is InChI=1S/C30H19Cl3N2O4/c31-19-8-6-17(7-9-19)28(37)26-25-24(29(38)35(30(25)39)22-14-20(32)13-21(33)15-22)23-12-18(10-11-34(23)26)27(36)16-4-2-1-3-5-16/h1-15,23-26H/t23-,24+,25-,26+/m1/s1. The minimum Gasteiger partial charge on any atom is -0.359 e. The lowest BCUT2D eigenvalue weighted by Crippen LogP contribution is -2.46. The molecule has 0 aromatic heterocycles. The Kier molecular flexibility index (Phi) is 6.42. The van der Waals surface area contributed by atoms with Crippen LogP contribution in [0.15, 0.2) is 96.7 Å². The summed E-state index contributed by atoms with van der Waals surface area (Å²) in [5.74, 6) is -3.45. The molecule has 0 bridgehead atoms. The zero-order valence-corrected chi connectivity index (χ0v) is 22.4. The summed E-state index contributed by atoms with van der Waals surface area (Å²) in [4.78, 5) is 57.7. The molecule has 9 heteroatoms. The SMILES string of the molecule is O=C(C1=C[C@@H]2[C@@H]3C(=O)N(c4cc(Cl)cc(Cl)c4)C(=O)[C@H]3[C@@H](C(=O)c3ccc(Cl)cc3)N2C=C1)c1ccccc1. The minimum absolute atomic E-state index is 0.217. The lowest BCUT2D eigenvalue weighted by molar-refractivity contribution is -0.123. The van der Waals surface area contributed by atoms with Crippen LogP contribution in [0.25, 0.3) is 0 Å². The maximum atomic E-state index is 13.9. The summed E-state index contributed by atoms with van der Waals surface area (Å²) in [6.07, 6.45) is 4.94. The van der Waals surface area contributed by atoms with Crippen molar-refractivity contribution >= 4 is 63.9 Å². The minimum atomic E-state index is -0.990. The van der Waals surface area contributed by atoms with Gasteiger partial charge in [-0.25, -0.2) is 4.90 Å². The number of halogens is 3. The van der Waals surface area contributed by atoms with Crippen molar-refractivity contribution in [3.63, 3.8) is 0 Å². The van der Waals surface area contributed by atoms with Crippen LogP contribution in [0.5, 0.6) is 0 Å². The average Bonchev–Trinajstić information content (AvgIpc) is 3.39. The maximum absolute atomic E-state index is 13.9. The molecule has 0 N–H and O–H groups in total. The Hall–Kier alpha value is -3.71. The van der Waals surface area contributed by atoms with Gasteiger partial charge in [0.15, 0.2) is 11.6 Å². The van der Waals surface area contributed by atoms with Gasteiger partial charge in [-0.05, 0) is 48.5 Å². The summed E-state index contributed by atoms with van der Waals surface area (Å²) >= 11 is 18.4. The molecule has 0 unspecified atom stereocenters. The number of allylic oxidation sites excluding steroid dienone is 2. The van der Waals surface area contributed by atoms with E-state index in [0.717, 1.165) is 4.90 Å². The van der Waals surface area contributed by atoms with Crippen molar-refractivity contribution in [2.24, 2.45) is 11.8 Å². The highest BCUT2D eigenvalue weighted by atomic mass is 35.5. The van der Waals surface area contributed by atoms with Gasteiger partial charge in [0.1, 0.15) is 6.04 Å². The van der Waals surface area contributed by atoms with Gasteiger partial charge in [0.05, 0.1) is 23.6 Å². The molecule has 0 radical (unpaired) electrons. The van der Waals surface area contributed by atoms with Crippen molar-refractivity contribution in [3.8, 4) is 0 Å². The van der Waals surface area contributed by atoms with Crippen LogP contribution in [0, 0.1) is 11.8 Å². The number of benzene rings is 3. The average molecular weight is 578 g/mol. The Morgan fingerprint density at radius 3 is 2.03 bits per heavy atom. The second kappa shape index (κ2) is 9.79. The van der Waals surface area contributed by atoms with Crippen molar-refractivity contribution in [2.45, 2.75) is 12.1 Å². The number of hydrogen-bond donors (Lipinski definition) is 0. The molecule has 2 saturated heterocycles. The number of carbonyl (C=O) groups is 4. The van der Waals surface area contributed by atoms with E-state index in [9.17, 15) is 19.2 Å². The van der Waals surface area contributed by atoms with E-state index in [1.54, 1.807) is 71.8 Å². The van der Waals surface area contributed by atoms with E-state index in [4.69, 9.17) is 34.8 Å². The summed E-state index contributed by atoms with van der Waals surface area (Å²) < 4.78 is 0. The van der Waals surface area contributed by atoms with Crippen molar-refractivity contribution < 1.29 is 19.2 Å². The fourth-order valence-corrected chi connectivity index (χ4v) is 6.30. The van der Waals surface area contributed by atoms with Crippen LogP contribution in [-0.4, -0.2) is 40.4 Å². The van der Waals surface area contributed by atoms with Crippen LogP contribution in [0.4, 0.5) is 5.69 Å². The molecule has 0 spiro atoms. The van der Waals surface area contributed by atoms with Gasteiger partial charge in [0.2, 0.25) is 11.8 Å². The van der Waals surface area contributed by atoms with Gasteiger partial charge in [-0.3, -0.25) is 19.2 Å². The molecular formula is C30H19Cl3N2O4. The van der Waals surface area contributed by atoms with E-state index < -0.39 is 35.7 Å². The Morgan fingerprint density at radius 1 is 0.718 bits per heavy atom. The maximum Gasteiger partial charge on any atom is 0.240 e. The van der Waals surface area contributed by atoms with Gasteiger partial charge in [-0.2, -0.15) is 0 Å². The van der Waals surface area contributed by atoms with Crippen molar-refractivity contribution in [3.05, 3.63) is 123 Å². The number of fused-ring (bicyclic) bond motifs is 3. The first kappa shape index (κ1) is 25.6. The van der Waals surface area contributed by atoms with Gasteiger partial charge >= 0.3 is 0 Å². The number of nitrogens with zero attached hydrogens (tertiary/aromatic N) is 2. The molecule has 0 aliphatic carbocycles. The summed E-state index contributed by atoms with van der Waals surface area (Å²) in [7, 11) is 0. The first-order valence-electron chi connectivity index (χ1n) is 12.2. The lowest BCUT2D eigenvalue weighted by Gasteiger charge is -2.32. The molecule has 0 saturated carbocycles. The summed E-state index contributed by atoms with van der Waals surface area (Å²) in [6, 6.07) is 18.0. The predicted molar refractivity (Wildman–Crippen MR) is 149 cm³/mol. The third-order valence-electron chi connectivity index (χ3n) is 7.35. The first-order valence-corrected chi connectivity index (χ1v) is 13.3. The van der Waals surface area contributed by atoms with Crippen molar-refractivity contribution in [1.82, 2.24) is 4.90 Å². The highest BCUT2D eigenvalue weighted by Gasteiger charge is 2.63. The molecule has 6 nitrogen and oxygen atoms in total. The van der Waals surface area contributed by atoms with Gasteiger partial charge in [0.25, 0.3) is 0 Å². The summed E-state index contributed by atoms with van der Waals surface area (Å²) in [5.41, 5.74) is 1.47. The van der Waals surface area contributed by atoms with Crippen LogP contribution in [0.1, 0.15) is 20.7 Å². The fourth-order valence-electron chi connectivity index (χ4n) is 5.66. The number of Topliss-reactive ketones (excluding diaryl/α,β-unsaturated/α-hetero) is 2. The van der Waals surface area contributed by atoms with E-state index in [-0.39, 0.29) is 27.3 Å². The van der Waals surface area contributed by atoms with E-state index in [1.807, 2.05) is 6.07 Å². The lowest BCUT2D eigenvalue weighted by atomic mass is 9.85. The molecular weight excluding hydrogens is 559 g/mol. The second-order valence-corrected chi connectivity index (χ2v) is 10.9. The quantitative estimate of drug-likeness (QED) is 0.274. The first-order chi connectivity index (χ1) is 18.7. The molecule has 3 heterocycles. The number of hydrogen-bond acceptors (Lipinski definition) is 5. The molecule has 39 heavy (non-hydrogen) atoms. The van der Waals surface area contributed by atoms with Gasteiger partial charge in [0, 0.05) is 38.0 Å². The van der Waals surface area contributed by atoms with Gasteiger partial charge in [-0.15, -0.1) is 0 Å². The molecule has 3 aliphatic rings. The zero-order chi connectivity index (χ0) is 27.4. The molecule has 2 fully saturated rings. The predicted octanol–water partition coefficient (Wildman–Crippen LogP) is 6.02. The van der Waals surface area contributed by atoms with Crippen molar-refractivity contribution in [1.29, 1.82) is 0 Å². The third kappa shape index (κ3) is 4.29. The third-order valence-corrected chi connectivity index (χ3v) is 8.04. The Morgan fingerprint density at radius 2 is 1.36 bits per heavy atom. The highest BCUT2D eigenvalue weighted by molar-refractivity contribution is 6.36. The smallest absolute Gasteiger partial charge is 0.240 e. The number of rotatable bonds is 5. The van der Waals surface area contributed by atoms with Crippen LogP contribution >= 0.6 is 34.8 Å². The number of imide groups is 1. The Bertz CT molecular complexity index is 1580. The molecule has 3 aromatic rings. The Balaban J connectivity index is 1.44. The van der Waals surface area contributed by atoms with Crippen LogP contribution in [0.2, 0.25) is 15.1 Å². The van der Waals surface area contributed by atoms with E-state index >= 15 is 0 Å². The molecule has 2 amide bonds. The van der Waals surface area contributed by atoms with Crippen LogP contribution in [-0.2, 0) is 9.59 Å². The number of ketones is 2. The molecule has 4 atom stereocenters. The van der Waals surface area contributed by atoms with Gasteiger partial charge in [-0.1, -0.05) is 71.2 Å². The van der Waals surface area contributed by atoms with Crippen molar-refractivity contribution in [2.75, 3.05) is 4.90 Å². The highest BCUT2D eigenvalue weighted by Crippen LogP contribution is 2.47. The number of anilines is 1. The zero-order valence-electron chi connectivity index (χ0n) is 20.1. The van der Waals surface area contributed by atoms with Gasteiger partial charge < -0.3 is 4.90 Å². The van der Waals surface area contributed by atoms with E-state index in [2.05, 4.69) is 0 Å². The van der Waals surface area contributed by atoms with E-state index in [1.165, 1.54) is 18.2 Å². The normalized spacial score (nSPS) is 23.5. The number of amides is 2. The molecule has 6 rings (SSSR count). The second-order valence-electron chi connectivity index (χ2n) is 9.58. The molecule has 3 aliphatic heterocycles. The summed E-state index contributed by atoms with van der Waals surface area (Å²) in [5, 5.41) is 0.998. The topological polar surface area (TPSA) is 74.8 Å². The van der Waals surface area contributed by atoms with E-state index in [0.29, 0.717) is 21.7 Å². The molecule has 3 aromatic carbocycles. The summed E-state index contributed by atoms with van der Waals surface area (Å²) in [6.45, 7) is 0. The monoisotopic (exact) mass is 576 g/mol. The molecule has 194 valence electrons. The number of carbonyl (C=O) groups excluding carboxylic acids is 4. The van der Waals surface area contributed by atoms with Crippen LogP contribution < -0.4 is 4.90 Å². The van der Waals surface area contributed by atoms with Crippen LogP contribution in [0.3, 0.4) is 0 Å².